The van der Waals surface area contributed by atoms with Gasteiger partial charge in [0.15, 0.2) is 0 Å². The van der Waals surface area contributed by atoms with Crippen LogP contribution in [0.1, 0.15) is 29.1 Å². The first-order valence-electron chi connectivity index (χ1n) is 8.37. The molecular weight excluding hydrogens is 352 g/mol. The number of nitrogens with zero attached hydrogens (tertiary/aromatic N) is 4. The molecule has 0 aliphatic heterocycles. The van der Waals surface area contributed by atoms with E-state index >= 15 is 0 Å². The lowest BCUT2D eigenvalue weighted by Gasteiger charge is -2.19. The van der Waals surface area contributed by atoms with Crippen molar-refractivity contribution in [3.63, 3.8) is 0 Å². The third-order valence-corrected chi connectivity index (χ3v) is 5.00. The Morgan fingerprint density at radius 2 is 1.81 bits per heavy atom. The van der Waals surface area contributed by atoms with E-state index in [1.807, 2.05) is 31.2 Å². The van der Waals surface area contributed by atoms with Gasteiger partial charge in [-0.2, -0.15) is 9.61 Å². The SMILES string of the molecule is CCc1nn2c(=O)cc(CN(Cc3ccco3)Cc3ccco3)nc2s1. The fourth-order valence-electron chi connectivity index (χ4n) is 2.76. The second-order valence-electron chi connectivity index (χ2n) is 5.93. The molecule has 4 aromatic rings. The highest BCUT2D eigenvalue weighted by Crippen LogP contribution is 2.16. The normalized spacial score (nSPS) is 11.6. The molecule has 4 aromatic heterocycles. The fourth-order valence-corrected chi connectivity index (χ4v) is 3.62. The molecule has 8 heteroatoms. The van der Waals surface area contributed by atoms with Crippen LogP contribution in [-0.4, -0.2) is 19.5 Å². The molecule has 0 N–H and O–H groups in total. The fraction of sp³-hybridized carbons (Fsp3) is 0.278. The average Bonchev–Trinajstić information content (AvgIpc) is 3.35. The van der Waals surface area contributed by atoms with Crippen molar-refractivity contribution < 1.29 is 8.83 Å². The highest BCUT2D eigenvalue weighted by molar-refractivity contribution is 7.16. The van der Waals surface area contributed by atoms with E-state index in [-0.39, 0.29) is 5.56 Å². The first-order valence-corrected chi connectivity index (χ1v) is 9.18. The van der Waals surface area contributed by atoms with E-state index < -0.39 is 0 Å². The van der Waals surface area contributed by atoms with E-state index in [2.05, 4.69) is 15.0 Å². The third kappa shape index (κ3) is 3.61. The second-order valence-corrected chi connectivity index (χ2v) is 6.97. The van der Waals surface area contributed by atoms with Gasteiger partial charge in [0.2, 0.25) is 4.96 Å². The Labute approximate surface area is 153 Å². The van der Waals surface area contributed by atoms with Gasteiger partial charge in [-0.1, -0.05) is 18.3 Å². The van der Waals surface area contributed by atoms with Gasteiger partial charge in [-0.05, 0) is 30.7 Å². The van der Waals surface area contributed by atoms with Crippen LogP contribution in [0.3, 0.4) is 0 Å². The summed E-state index contributed by atoms with van der Waals surface area (Å²) in [7, 11) is 0. The van der Waals surface area contributed by atoms with E-state index in [9.17, 15) is 4.79 Å². The Morgan fingerprint density at radius 1 is 1.12 bits per heavy atom. The Kier molecular flexibility index (Phi) is 4.68. The molecule has 0 radical (unpaired) electrons. The van der Waals surface area contributed by atoms with Gasteiger partial charge < -0.3 is 8.83 Å². The number of fused-ring (bicyclic) bond motifs is 1. The predicted molar refractivity (Wildman–Crippen MR) is 96.9 cm³/mol. The minimum atomic E-state index is -0.156. The zero-order chi connectivity index (χ0) is 17.9. The quantitative estimate of drug-likeness (QED) is 0.497. The molecule has 0 atom stereocenters. The summed E-state index contributed by atoms with van der Waals surface area (Å²) in [5, 5.41) is 5.19. The maximum absolute atomic E-state index is 12.4. The van der Waals surface area contributed by atoms with E-state index in [0.717, 1.165) is 22.9 Å². The lowest BCUT2D eigenvalue weighted by molar-refractivity contribution is 0.207. The lowest BCUT2D eigenvalue weighted by atomic mass is 10.3. The van der Waals surface area contributed by atoms with Crippen molar-refractivity contribution in [2.75, 3.05) is 0 Å². The molecule has 0 saturated heterocycles. The Bertz CT molecular complexity index is 998. The molecule has 26 heavy (non-hydrogen) atoms. The van der Waals surface area contributed by atoms with Crippen molar-refractivity contribution in [1.82, 2.24) is 19.5 Å². The largest absolute Gasteiger partial charge is 0.468 e. The number of hydrogen-bond acceptors (Lipinski definition) is 7. The molecule has 7 nitrogen and oxygen atoms in total. The Morgan fingerprint density at radius 3 is 2.38 bits per heavy atom. The van der Waals surface area contributed by atoms with E-state index in [0.29, 0.717) is 30.3 Å². The van der Waals surface area contributed by atoms with Gasteiger partial charge in [-0.25, -0.2) is 4.98 Å². The number of aromatic nitrogens is 3. The molecule has 0 aliphatic rings. The summed E-state index contributed by atoms with van der Waals surface area (Å²) < 4.78 is 12.3. The number of rotatable bonds is 7. The topological polar surface area (TPSA) is 76.8 Å². The van der Waals surface area contributed by atoms with Gasteiger partial charge in [0.05, 0.1) is 31.3 Å². The van der Waals surface area contributed by atoms with Gasteiger partial charge >= 0.3 is 0 Å². The van der Waals surface area contributed by atoms with Gasteiger partial charge in [0.1, 0.15) is 16.5 Å². The summed E-state index contributed by atoms with van der Waals surface area (Å²) in [5.74, 6) is 1.70. The highest BCUT2D eigenvalue weighted by Gasteiger charge is 2.14. The Balaban J connectivity index is 1.61. The maximum atomic E-state index is 12.4. The first kappa shape index (κ1) is 16.7. The molecule has 4 heterocycles. The summed E-state index contributed by atoms with van der Waals surface area (Å²) in [6, 6.07) is 9.12. The van der Waals surface area contributed by atoms with Crippen LogP contribution in [0, 0.1) is 0 Å². The molecule has 134 valence electrons. The third-order valence-electron chi connectivity index (χ3n) is 3.95. The van der Waals surface area contributed by atoms with Crippen molar-refractivity contribution in [3.05, 3.63) is 75.4 Å². The molecule has 0 fully saturated rings. The van der Waals surface area contributed by atoms with Crippen LogP contribution < -0.4 is 5.56 Å². The van der Waals surface area contributed by atoms with Crippen LogP contribution in [0.5, 0.6) is 0 Å². The monoisotopic (exact) mass is 370 g/mol. The van der Waals surface area contributed by atoms with Crippen molar-refractivity contribution in [2.24, 2.45) is 0 Å². The van der Waals surface area contributed by atoms with Crippen LogP contribution in [0.2, 0.25) is 0 Å². The van der Waals surface area contributed by atoms with Crippen molar-refractivity contribution in [2.45, 2.75) is 33.0 Å². The number of hydrogen-bond donors (Lipinski definition) is 0. The minimum Gasteiger partial charge on any atom is -0.468 e. The molecule has 0 amide bonds. The van der Waals surface area contributed by atoms with Crippen LogP contribution >= 0.6 is 11.3 Å². The van der Waals surface area contributed by atoms with Crippen LogP contribution in [0.25, 0.3) is 4.96 Å². The molecule has 4 rings (SSSR count). The highest BCUT2D eigenvalue weighted by atomic mass is 32.1. The minimum absolute atomic E-state index is 0.156. The molecule has 0 saturated carbocycles. The Hall–Kier alpha value is -2.71. The average molecular weight is 370 g/mol. The van der Waals surface area contributed by atoms with Gasteiger partial charge in [-0.3, -0.25) is 9.69 Å². The smallest absolute Gasteiger partial charge is 0.275 e. The molecule has 0 unspecified atom stereocenters. The zero-order valence-electron chi connectivity index (χ0n) is 14.3. The molecular formula is C18H18N4O3S. The molecule has 0 spiro atoms. The summed E-state index contributed by atoms with van der Waals surface area (Å²) in [6.45, 7) is 3.71. The molecule has 0 aromatic carbocycles. The number of furan rings is 2. The van der Waals surface area contributed by atoms with Crippen LogP contribution in [0.4, 0.5) is 0 Å². The first-order chi connectivity index (χ1) is 12.7. The van der Waals surface area contributed by atoms with E-state index in [4.69, 9.17) is 8.83 Å². The summed E-state index contributed by atoms with van der Waals surface area (Å²) in [4.78, 5) is 19.7. The van der Waals surface area contributed by atoms with E-state index in [1.165, 1.54) is 15.9 Å². The predicted octanol–water partition coefficient (Wildman–Crippen LogP) is 3.10. The molecule has 0 aliphatic carbocycles. The van der Waals surface area contributed by atoms with Gasteiger partial charge in [0, 0.05) is 12.6 Å². The summed E-state index contributed by atoms with van der Waals surface area (Å²) >= 11 is 1.45. The van der Waals surface area contributed by atoms with Crippen molar-refractivity contribution in [1.29, 1.82) is 0 Å². The van der Waals surface area contributed by atoms with Crippen molar-refractivity contribution in [3.8, 4) is 0 Å². The zero-order valence-corrected chi connectivity index (χ0v) is 15.1. The molecule has 0 bridgehead atoms. The lowest BCUT2D eigenvalue weighted by Crippen LogP contribution is -2.24. The van der Waals surface area contributed by atoms with Gasteiger partial charge in [0.25, 0.3) is 5.56 Å². The number of aryl methyl sites for hydroxylation is 1. The van der Waals surface area contributed by atoms with Crippen LogP contribution in [-0.2, 0) is 26.1 Å². The summed E-state index contributed by atoms with van der Waals surface area (Å²) in [5.41, 5.74) is 0.552. The van der Waals surface area contributed by atoms with Gasteiger partial charge in [-0.15, -0.1) is 0 Å². The van der Waals surface area contributed by atoms with Crippen molar-refractivity contribution >= 4 is 16.3 Å². The van der Waals surface area contributed by atoms with Crippen LogP contribution in [0.15, 0.2) is 56.5 Å². The maximum Gasteiger partial charge on any atom is 0.275 e. The second kappa shape index (κ2) is 7.27. The summed E-state index contributed by atoms with van der Waals surface area (Å²) in [6.07, 6.45) is 4.09. The van der Waals surface area contributed by atoms with E-state index in [1.54, 1.807) is 18.6 Å². The standard InChI is InChI=1S/C18H18N4O3S/c1-2-16-20-22-17(23)9-13(19-18(22)26-16)10-21(11-14-5-3-7-24-14)12-15-6-4-8-25-15/h3-9H,2,10-12H2,1H3.